The van der Waals surface area contributed by atoms with Crippen molar-refractivity contribution in [2.75, 3.05) is 13.1 Å². The van der Waals surface area contributed by atoms with Gasteiger partial charge in [0.2, 0.25) is 5.91 Å². The maximum Gasteiger partial charge on any atom is 0.274 e. The summed E-state index contributed by atoms with van der Waals surface area (Å²) in [5.41, 5.74) is 3.38. The van der Waals surface area contributed by atoms with Crippen LogP contribution in [-0.4, -0.2) is 33.8 Å². The molecule has 0 radical (unpaired) electrons. The lowest BCUT2D eigenvalue weighted by atomic mass is 10.1. The Hall–Kier alpha value is -2.21. The molecule has 0 spiro atoms. The lowest BCUT2D eigenvalue weighted by Crippen LogP contribution is -2.41. The van der Waals surface area contributed by atoms with Gasteiger partial charge in [0.15, 0.2) is 0 Å². The highest BCUT2D eigenvalue weighted by atomic mass is 16.2. The Morgan fingerprint density at radius 1 is 1.24 bits per heavy atom. The van der Waals surface area contributed by atoms with Gasteiger partial charge in [-0.2, -0.15) is 5.10 Å². The van der Waals surface area contributed by atoms with Gasteiger partial charge in [-0.3, -0.25) is 15.0 Å². The summed E-state index contributed by atoms with van der Waals surface area (Å²) in [6, 6.07) is 7.27. The molecule has 1 fully saturated rings. The van der Waals surface area contributed by atoms with E-state index in [9.17, 15) is 9.59 Å². The highest BCUT2D eigenvalue weighted by Gasteiger charge is 2.16. The number of aromatic nitrogens is 2. The minimum absolute atomic E-state index is 0.0896. The molecule has 0 atom stereocenters. The van der Waals surface area contributed by atoms with Gasteiger partial charge in [0.05, 0.1) is 17.5 Å². The molecule has 6 nitrogen and oxygen atoms in total. The van der Waals surface area contributed by atoms with E-state index in [4.69, 9.17) is 0 Å². The topological polar surface area (TPSA) is 67.2 Å². The number of hydrogen-bond acceptors (Lipinski definition) is 4. The molecule has 1 saturated heterocycles. The SMILES string of the molecule is Cn1nc(CC(=O)NN2CCCC2)c2ccccc2c1=O. The zero-order valence-electron chi connectivity index (χ0n) is 12.0. The number of rotatable bonds is 3. The molecular weight excluding hydrogens is 268 g/mol. The molecule has 2 aromatic rings. The van der Waals surface area contributed by atoms with Crippen LogP contribution >= 0.6 is 0 Å². The predicted octanol–water partition coefficient (Wildman–Crippen LogP) is 0.603. The van der Waals surface area contributed by atoms with Gasteiger partial charge in [-0.1, -0.05) is 18.2 Å². The van der Waals surface area contributed by atoms with Crippen LogP contribution in [0.4, 0.5) is 0 Å². The van der Waals surface area contributed by atoms with Crippen molar-refractivity contribution in [1.82, 2.24) is 20.2 Å². The first kappa shape index (κ1) is 13.8. The van der Waals surface area contributed by atoms with Crippen molar-refractivity contribution >= 4 is 16.7 Å². The van der Waals surface area contributed by atoms with Gasteiger partial charge in [-0.05, 0) is 18.9 Å². The number of nitrogens with one attached hydrogen (secondary N) is 1. The number of hydrogen-bond donors (Lipinski definition) is 1. The van der Waals surface area contributed by atoms with Crippen molar-refractivity contribution < 1.29 is 4.79 Å². The molecule has 6 heteroatoms. The van der Waals surface area contributed by atoms with Crippen molar-refractivity contribution in [3.05, 3.63) is 40.3 Å². The standard InChI is InChI=1S/C15H18N4O2/c1-18-15(21)12-7-3-2-6-11(12)13(16-18)10-14(20)17-19-8-4-5-9-19/h2-3,6-7H,4-5,8-10H2,1H3,(H,17,20). The number of aryl methyl sites for hydroxylation is 1. The van der Waals surface area contributed by atoms with Gasteiger partial charge in [0.25, 0.3) is 5.56 Å². The van der Waals surface area contributed by atoms with E-state index in [0.717, 1.165) is 31.3 Å². The fourth-order valence-electron chi connectivity index (χ4n) is 2.70. The maximum absolute atomic E-state index is 12.1. The summed E-state index contributed by atoms with van der Waals surface area (Å²) in [5, 5.41) is 7.52. The summed E-state index contributed by atoms with van der Waals surface area (Å²) < 4.78 is 1.29. The number of nitrogens with zero attached hydrogens (tertiary/aromatic N) is 3. The number of amides is 1. The van der Waals surface area contributed by atoms with Gasteiger partial charge in [-0.25, -0.2) is 9.69 Å². The Balaban J connectivity index is 1.88. The summed E-state index contributed by atoms with van der Waals surface area (Å²) in [5.74, 6) is -0.0896. The lowest BCUT2D eigenvalue weighted by Gasteiger charge is -2.16. The molecule has 1 amide bonds. The Bertz CT molecular complexity index is 732. The molecule has 2 heterocycles. The summed E-state index contributed by atoms with van der Waals surface area (Å²) in [6.07, 6.45) is 2.40. The lowest BCUT2D eigenvalue weighted by molar-refractivity contribution is -0.124. The van der Waals surface area contributed by atoms with E-state index in [1.165, 1.54) is 4.68 Å². The zero-order valence-corrected chi connectivity index (χ0v) is 12.0. The van der Waals surface area contributed by atoms with E-state index in [-0.39, 0.29) is 17.9 Å². The van der Waals surface area contributed by atoms with Crippen molar-refractivity contribution in [2.45, 2.75) is 19.3 Å². The largest absolute Gasteiger partial charge is 0.289 e. The molecule has 0 aliphatic carbocycles. The number of hydrazine groups is 1. The molecule has 1 aliphatic rings. The third kappa shape index (κ3) is 2.80. The van der Waals surface area contributed by atoms with Crippen LogP contribution in [0.1, 0.15) is 18.5 Å². The van der Waals surface area contributed by atoms with E-state index >= 15 is 0 Å². The smallest absolute Gasteiger partial charge is 0.274 e. The number of benzene rings is 1. The first-order valence-corrected chi connectivity index (χ1v) is 7.14. The molecule has 1 N–H and O–H groups in total. The number of carbonyl (C=O) groups is 1. The van der Waals surface area contributed by atoms with Crippen LogP contribution in [-0.2, 0) is 18.3 Å². The van der Waals surface area contributed by atoms with Crippen LogP contribution in [0.25, 0.3) is 10.8 Å². The van der Waals surface area contributed by atoms with Crippen LogP contribution in [0.2, 0.25) is 0 Å². The summed E-state index contributed by atoms with van der Waals surface area (Å²) >= 11 is 0. The Labute approximate surface area is 122 Å². The molecular formula is C15H18N4O2. The molecule has 1 aromatic heterocycles. The zero-order chi connectivity index (χ0) is 14.8. The number of fused-ring (bicyclic) bond motifs is 1. The second-order valence-corrected chi connectivity index (χ2v) is 5.33. The first-order valence-electron chi connectivity index (χ1n) is 7.14. The molecule has 0 bridgehead atoms. The van der Waals surface area contributed by atoms with Gasteiger partial charge >= 0.3 is 0 Å². The van der Waals surface area contributed by atoms with Crippen LogP contribution in [0.15, 0.2) is 29.1 Å². The van der Waals surface area contributed by atoms with Gasteiger partial charge in [0, 0.05) is 25.5 Å². The third-order valence-corrected chi connectivity index (χ3v) is 3.75. The quantitative estimate of drug-likeness (QED) is 0.897. The van der Waals surface area contributed by atoms with Crippen LogP contribution in [0.3, 0.4) is 0 Å². The van der Waals surface area contributed by atoms with Crippen molar-refractivity contribution in [1.29, 1.82) is 0 Å². The molecule has 1 aliphatic heterocycles. The van der Waals surface area contributed by atoms with Gasteiger partial charge in [0.1, 0.15) is 0 Å². The normalized spacial score (nSPS) is 15.5. The van der Waals surface area contributed by atoms with Gasteiger partial charge < -0.3 is 0 Å². The van der Waals surface area contributed by atoms with E-state index in [1.54, 1.807) is 13.1 Å². The average molecular weight is 286 g/mol. The fraction of sp³-hybridized carbons (Fsp3) is 0.400. The van der Waals surface area contributed by atoms with Crippen molar-refractivity contribution in [2.24, 2.45) is 7.05 Å². The monoisotopic (exact) mass is 286 g/mol. The highest BCUT2D eigenvalue weighted by molar-refractivity contribution is 5.88. The van der Waals surface area contributed by atoms with Gasteiger partial charge in [-0.15, -0.1) is 0 Å². The first-order chi connectivity index (χ1) is 10.1. The van der Waals surface area contributed by atoms with E-state index in [1.807, 2.05) is 23.2 Å². The summed E-state index contributed by atoms with van der Waals surface area (Å²) in [6.45, 7) is 1.79. The molecule has 0 saturated carbocycles. The second-order valence-electron chi connectivity index (χ2n) is 5.33. The predicted molar refractivity (Wildman–Crippen MR) is 79.6 cm³/mol. The average Bonchev–Trinajstić information content (AvgIpc) is 2.97. The Kier molecular flexibility index (Phi) is 3.70. The molecule has 110 valence electrons. The fourth-order valence-corrected chi connectivity index (χ4v) is 2.70. The van der Waals surface area contributed by atoms with Crippen LogP contribution in [0, 0.1) is 0 Å². The van der Waals surface area contributed by atoms with Crippen molar-refractivity contribution in [3.63, 3.8) is 0 Å². The molecule has 0 unspecified atom stereocenters. The molecule has 3 rings (SSSR count). The van der Waals surface area contributed by atoms with Crippen LogP contribution < -0.4 is 11.0 Å². The Morgan fingerprint density at radius 3 is 2.62 bits per heavy atom. The van der Waals surface area contributed by atoms with Crippen molar-refractivity contribution in [3.8, 4) is 0 Å². The third-order valence-electron chi connectivity index (χ3n) is 3.75. The minimum Gasteiger partial charge on any atom is -0.289 e. The van der Waals surface area contributed by atoms with Crippen LogP contribution in [0.5, 0.6) is 0 Å². The number of carbonyl (C=O) groups excluding carboxylic acids is 1. The summed E-state index contributed by atoms with van der Waals surface area (Å²) in [7, 11) is 1.61. The van der Waals surface area contributed by atoms with E-state index in [2.05, 4.69) is 10.5 Å². The Morgan fingerprint density at radius 2 is 1.90 bits per heavy atom. The molecule has 21 heavy (non-hydrogen) atoms. The minimum atomic E-state index is -0.144. The molecule has 1 aromatic carbocycles. The maximum atomic E-state index is 12.1. The van der Waals surface area contributed by atoms with E-state index < -0.39 is 0 Å². The van der Waals surface area contributed by atoms with E-state index in [0.29, 0.717) is 11.1 Å². The highest BCUT2D eigenvalue weighted by Crippen LogP contribution is 2.13. The summed E-state index contributed by atoms with van der Waals surface area (Å²) in [4.78, 5) is 24.2. The second kappa shape index (κ2) is 5.65.